The average Bonchev–Trinajstić information content (AvgIpc) is 2.97. The molecule has 0 aliphatic rings. The number of nitrogens with zero attached hydrogens (tertiary/aromatic N) is 4. The SMILES string of the molecule is Cc1cccc(N=Nc2c(-c3ccc([N+](=O)[O-])cc3)[nH]n(C(N)=S)c2=O)c1. The molecule has 0 saturated heterocycles. The van der Waals surface area contributed by atoms with E-state index in [0.717, 1.165) is 10.2 Å². The number of nitro groups is 1. The number of rotatable bonds is 4. The van der Waals surface area contributed by atoms with Crippen LogP contribution in [0.25, 0.3) is 11.3 Å². The molecule has 136 valence electrons. The van der Waals surface area contributed by atoms with Gasteiger partial charge in [-0.15, -0.1) is 5.11 Å². The van der Waals surface area contributed by atoms with Crippen molar-refractivity contribution >= 4 is 34.4 Å². The van der Waals surface area contributed by atoms with E-state index in [0.29, 0.717) is 16.9 Å². The summed E-state index contributed by atoms with van der Waals surface area (Å²) in [6.45, 7) is 1.91. The maximum atomic E-state index is 12.6. The van der Waals surface area contributed by atoms with Gasteiger partial charge in [-0.1, -0.05) is 12.1 Å². The van der Waals surface area contributed by atoms with Gasteiger partial charge in [0.25, 0.3) is 5.69 Å². The number of nitrogens with one attached hydrogen (secondary N) is 1. The van der Waals surface area contributed by atoms with Crippen molar-refractivity contribution in [1.29, 1.82) is 0 Å². The number of hydrogen-bond donors (Lipinski definition) is 2. The predicted octanol–water partition coefficient (Wildman–Crippen LogP) is 3.57. The fourth-order valence-corrected chi connectivity index (χ4v) is 2.55. The Morgan fingerprint density at radius 1 is 1.22 bits per heavy atom. The third-order valence-corrected chi connectivity index (χ3v) is 3.90. The molecule has 0 bridgehead atoms. The molecule has 3 N–H and O–H groups in total. The molecule has 0 amide bonds. The topological polar surface area (TPSA) is 132 Å². The van der Waals surface area contributed by atoms with Gasteiger partial charge in [0.1, 0.15) is 0 Å². The minimum atomic E-state index is -0.563. The highest BCUT2D eigenvalue weighted by Gasteiger charge is 2.18. The molecule has 1 aromatic heterocycles. The second kappa shape index (κ2) is 7.30. The number of H-pyrrole nitrogens is 1. The zero-order valence-corrected chi connectivity index (χ0v) is 14.9. The molecule has 27 heavy (non-hydrogen) atoms. The van der Waals surface area contributed by atoms with Crippen LogP contribution in [0.4, 0.5) is 17.1 Å². The van der Waals surface area contributed by atoms with Crippen molar-refractivity contribution in [1.82, 2.24) is 9.78 Å². The molecule has 0 fully saturated rings. The average molecular weight is 382 g/mol. The molecule has 3 rings (SSSR count). The molecule has 0 unspecified atom stereocenters. The fourth-order valence-electron chi connectivity index (χ4n) is 2.43. The number of nitro benzene ring substituents is 1. The number of aromatic nitrogens is 2. The molecule has 0 radical (unpaired) electrons. The Labute approximate surface area is 158 Å². The number of azo groups is 1. The van der Waals surface area contributed by atoms with Crippen LogP contribution in [0.15, 0.2) is 63.6 Å². The highest BCUT2D eigenvalue weighted by Crippen LogP contribution is 2.28. The monoisotopic (exact) mass is 382 g/mol. The predicted molar refractivity (Wildman–Crippen MR) is 105 cm³/mol. The van der Waals surface area contributed by atoms with Crippen LogP contribution in [0.5, 0.6) is 0 Å². The van der Waals surface area contributed by atoms with E-state index >= 15 is 0 Å². The number of non-ortho nitro benzene ring substituents is 1. The minimum Gasteiger partial charge on any atom is -0.374 e. The summed E-state index contributed by atoms with van der Waals surface area (Å²) in [5.41, 5.74) is 7.31. The smallest absolute Gasteiger partial charge is 0.301 e. The van der Waals surface area contributed by atoms with Crippen LogP contribution in [0.1, 0.15) is 5.56 Å². The lowest BCUT2D eigenvalue weighted by molar-refractivity contribution is -0.384. The molecule has 0 aliphatic heterocycles. The molecule has 1 heterocycles. The lowest BCUT2D eigenvalue weighted by Crippen LogP contribution is -2.29. The van der Waals surface area contributed by atoms with Crippen molar-refractivity contribution in [3.8, 4) is 11.3 Å². The van der Waals surface area contributed by atoms with E-state index in [-0.39, 0.29) is 16.5 Å². The molecular weight excluding hydrogens is 368 g/mol. The zero-order chi connectivity index (χ0) is 19.6. The van der Waals surface area contributed by atoms with Crippen LogP contribution < -0.4 is 11.3 Å². The Morgan fingerprint density at radius 3 is 2.52 bits per heavy atom. The lowest BCUT2D eigenvalue weighted by atomic mass is 10.1. The van der Waals surface area contributed by atoms with Crippen LogP contribution in [0, 0.1) is 17.0 Å². The van der Waals surface area contributed by atoms with Gasteiger partial charge in [-0.3, -0.25) is 20.0 Å². The van der Waals surface area contributed by atoms with Crippen molar-refractivity contribution in [3.05, 3.63) is 74.6 Å². The van der Waals surface area contributed by atoms with Crippen LogP contribution in [0.3, 0.4) is 0 Å². The van der Waals surface area contributed by atoms with Gasteiger partial charge in [-0.25, -0.2) is 0 Å². The third kappa shape index (κ3) is 3.80. The van der Waals surface area contributed by atoms with E-state index in [9.17, 15) is 14.9 Å². The summed E-state index contributed by atoms with van der Waals surface area (Å²) in [5, 5.41) is 21.6. The van der Waals surface area contributed by atoms with Crippen LogP contribution in [-0.4, -0.2) is 19.8 Å². The van der Waals surface area contributed by atoms with E-state index in [2.05, 4.69) is 15.3 Å². The molecule has 10 heteroatoms. The van der Waals surface area contributed by atoms with Gasteiger partial charge >= 0.3 is 5.56 Å². The fraction of sp³-hybridized carbons (Fsp3) is 0.0588. The molecule has 0 spiro atoms. The van der Waals surface area contributed by atoms with E-state index in [1.165, 1.54) is 24.3 Å². The van der Waals surface area contributed by atoms with Crippen molar-refractivity contribution in [3.63, 3.8) is 0 Å². The normalized spacial score (nSPS) is 11.0. The third-order valence-electron chi connectivity index (χ3n) is 3.72. The van der Waals surface area contributed by atoms with Gasteiger partial charge < -0.3 is 5.73 Å². The number of thiocarbonyl (C=S) groups is 1. The van der Waals surface area contributed by atoms with E-state index in [1.807, 2.05) is 25.1 Å². The lowest BCUT2D eigenvalue weighted by Gasteiger charge is -2.00. The molecule has 3 aromatic rings. The molecule has 9 nitrogen and oxygen atoms in total. The Bertz CT molecular complexity index is 1110. The molecule has 2 aromatic carbocycles. The Balaban J connectivity index is 2.10. The van der Waals surface area contributed by atoms with Crippen LogP contribution >= 0.6 is 12.2 Å². The van der Waals surface area contributed by atoms with Crippen molar-refractivity contribution in [2.24, 2.45) is 16.0 Å². The quantitative estimate of drug-likeness (QED) is 0.308. The summed E-state index contributed by atoms with van der Waals surface area (Å²) in [7, 11) is 0. The van der Waals surface area contributed by atoms with Gasteiger partial charge in [-0.2, -0.15) is 9.80 Å². The van der Waals surface area contributed by atoms with E-state index in [4.69, 9.17) is 18.0 Å². The summed E-state index contributed by atoms with van der Waals surface area (Å²) in [6.07, 6.45) is 0. The van der Waals surface area contributed by atoms with Gasteiger partial charge in [0, 0.05) is 17.7 Å². The van der Waals surface area contributed by atoms with Gasteiger partial charge in [0.2, 0.25) is 0 Å². The summed E-state index contributed by atoms with van der Waals surface area (Å²) in [6, 6.07) is 13.0. The number of benzene rings is 2. The first kappa shape index (κ1) is 18.1. The number of aromatic amines is 1. The number of aryl methyl sites for hydroxylation is 1. The van der Waals surface area contributed by atoms with Crippen molar-refractivity contribution in [2.45, 2.75) is 6.92 Å². The summed E-state index contributed by atoms with van der Waals surface area (Å²) >= 11 is 4.87. The summed E-state index contributed by atoms with van der Waals surface area (Å²) in [4.78, 5) is 22.9. The second-order valence-electron chi connectivity index (χ2n) is 5.66. The number of nitrogens with two attached hydrogens (primary N) is 1. The molecule has 0 atom stereocenters. The first-order chi connectivity index (χ1) is 12.9. The van der Waals surface area contributed by atoms with Crippen LogP contribution in [-0.2, 0) is 0 Å². The highest BCUT2D eigenvalue weighted by atomic mass is 32.1. The van der Waals surface area contributed by atoms with Crippen molar-refractivity contribution < 1.29 is 4.92 Å². The summed E-state index contributed by atoms with van der Waals surface area (Å²) in [5.74, 6) is 0. The number of hydrogen-bond acceptors (Lipinski definition) is 6. The molecule has 0 aliphatic carbocycles. The maximum absolute atomic E-state index is 12.6. The largest absolute Gasteiger partial charge is 0.374 e. The van der Waals surface area contributed by atoms with E-state index < -0.39 is 10.5 Å². The second-order valence-corrected chi connectivity index (χ2v) is 6.08. The molecule has 0 saturated carbocycles. The highest BCUT2D eigenvalue weighted by molar-refractivity contribution is 7.80. The van der Waals surface area contributed by atoms with Crippen LogP contribution in [0.2, 0.25) is 0 Å². The Hall–Kier alpha value is -3.66. The van der Waals surface area contributed by atoms with Gasteiger partial charge in [0.05, 0.1) is 16.3 Å². The minimum absolute atomic E-state index is 0.00170. The van der Waals surface area contributed by atoms with Crippen molar-refractivity contribution in [2.75, 3.05) is 0 Å². The first-order valence-corrected chi connectivity index (χ1v) is 8.15. The standard InChI is InChI=1S/C17H14N6O3S/c1-10-3-2-4-12(9-10)19-20-15-14(21-22(16(15)24)17(18)27)11-5-7-13(8-6-11)23(25)26/h2-9,21H,1H3,(H2,18,27). The van der Waals surface area contributed by atoms with Gasteiger partial charge in [-0.05, 0) is 49.0 Å². The Kier molecular flexibility index (Phi) is 4.90. The summed E-state index contributed by atoms with van der Waals surface area (Å²) < 4.78 is 0.969. The zero-order valence-electron chi connectivity index (χ0n) is 14.1. The molecular formula is C17H14N6O3S. The maximum Gasteiger partial charge on any atom is 0.301 e. The van der Waals surface area contributed by atoms with E-state index in [1.54, 1.807) is 6.07 Å². The Morgan fingerprint density at radius 2 is 1.93 bits per heavy atom. The van der Waals surface area contributed by atoms with Gasteiger partial charge in [0.15, 0.2) is 10.8 Å². The first-order valence-electron chi connectivity index (χ1n) is 7.75.